The fourth-order valence-corrected chi connectivity index (χ4v) is 2.10. The molecule has 0 aliphatic heterocycles. The predicted molar refractivity (Wildman–Crippen MR) is 47.3 cm³/mol. The maximum absolute atomic E-state index is 11.2. The molecule has 76 valence electrons. The zero-order valence-corrected chi connectivity index (χ0v) is 8.71. The molecule has 0 aromatic rings. The van der Waals surface area contributed by atoms with Gasteiger partial charge in [0.2, 0.25) is 0 Å². The molecule has 0 aromatic heterocycles. The molecular formula is C7H15NO4P+. The lowest BCUT2D eigenvalue weighted by atomic mass is 10.3. The van der Waals surface area contributed by atoms with Crippen LogP contribution in [-0.4, -0.2) is 30.7 Å². The number of ether oxygens (including phenoxy) is 1. The topological polar surface area (TPSA) is 67.8 Å². The van der Waals surface area contributed by atoms with Crippen LogP contribution in [0, 0.1) is 0 Å². The number of methoxy groups -OCH3 is 1. The molecule has 1 aliphatic carbocycles. The van der Waals surface area contributed by atoms with Gasteiger partial charge in [-0.1, -0.05) is 5.09 Å². The molecule has 0 bridgehead atoms. The molecule has 2 unspecified atom stereocenters. The van der Waals surface area contributed by atoms with Crippen molar-refractivity contribution < 1.29 is 18.9 Å². The maximum Gasteiger partial charge on any atom is 0.613 e. The zero-order chi connectivity index (χ0) is 9.90. The lowest BCUT2D eigenvalue weighted by Gasteiger charge is -2.15. The second-order valence-electron chi connectivity index (χ2n) is 3.03. The first-order valence-electron chi connectivity index (χ1n) is 4.23. The summed E-state index contributed by atoms with van der Waals surface area (Å²) in [7, 11) is -0.468. The fourth-order valence-electron chi connectivity index (χ4n) is 1.11. The van der Waals surface area contributed by atoms with Crippen LogP contribution >= 0.6 is 8.18 Å². The summed E-state index contributed by atoms with van der Waals surface area (Å²) >= 11 is 0. The Morgan fingerprint density at radius 2 is 2.31 bits per heavy atom. The summed E-state index contributed by atoms with van der Waals surface area (Å²) in [5, 5.41) is 12.1. The second kappa shape index (κ2) is 4.44. The summed E-state index contributed by atoms with van der Waals surface area (Å²) in [5.74, 6) is 0. The Bertz CT molecular complexity index is 195. The van der Waals surface area contributed by atoms with Crippen molar-refractivity contribution >= 4 is 8.18 Å². The van der Waals surface area contributed by atoms with Crippen LogP contribution in [0.25, 0.3) is 0 Å². The highest BCUT2D eigenvalue weighted by molar-refractivity contribution is 7.36. The molecule has 13 heavy (non-hydrogen) atoms. The van der Waals surface area contributed by atoms with E-state index in [1.54, 1.807) is 6.92 Å². The molecule has 0 amide bonds. The van der Waals surface area contributed by atoms with Crippen LogP contribution < -0.4 is 5.09 Å². The summed E-state index contributed by atoms with van der Waals surface area (Å²) in [6.45, 7) is 2.16. The summed E-state index contributed by atoms with van der Waals surface area (Å²) in [6, 6.07) is 0. The number of hydrogen-bond donors (Lipinski definition) is 2. The van der Waals surface area contributed by atoms with E-state index in [4.69, 9.17) is 9.26 Å². The molecule has 2 N–H and O–H groups in total. The van der Waals surface area contributed by atoms with Crippen molar-refractivity contribution in [1.82, 2.24) is 5.09 Å². The molecule has 1 fully saturated rings. The molecule has 1 rings (SSSR count). The monoisotopic (exact) mass is 208 g/mol. The van der Waals surface area contributed by atoms with Crippen molar-refractivity contribution in [2.75, 3.05) is 13.7 Å². The largest absolute Gasteiger partial charge is 0.613 e. The Labute approximate surface area is 78.3 Å². The van der Waals surface area contributed by atoms with Crippen molar-refractivity contribution in [2.45, 2.75) is 31.6 Å². The smallest absolute Gasteiger partial charge is 0.366 e. The summed E-state index contributed by atoms with van der Waals surface area (Å²) in [5.41, 5.74) is -0.544. The zero-order valence-electron chi connectivity index (χ0n) is 7.82. The van der Waals surface area contributed by atoms with Gasteiger partial charge in [0.05, 0.1) is 0 Å². The molecule has 0 spiro atoms. The van der Waals surface area contributed by atoms with E-state index in [-0.39, 0.29) is 0 Å². The molecule has 0 heterocycles. The van der Waals surface area contributed by atoms with E-state index in [1.165, 1.54) is 7.11 Å². The molecule has 1 saturated carbocycles. The minimum absolute atomic E-state index is 0.390. The van der Waals surface area contributed by atoms with Crippen molar-refractivity contribution in [3.63, 3.8) is 0 Å². The third-order valence-electron chi connectivity index (χ3n) is 2.04. The fraction of sp³-hybridized carbons (Fsp3) is 1.00. The minimum Gasteiger partial charge on any atom is -0.366 e. The number of nitrogens with one attached hydrogen (secondary N) is 1. The summed E-state index contributed by atoms with van der Waals surface area (Å²) in [4.78, 5) is 0. The van der Waals surface area contributed by atoms with Gasteiger partial charge < -0.3 is 9.84 Å². The summed E-state index contributed by atoms with van der Waals surface area (Å²) < 4.78 is 20.8. The quantitative estimate of drug-likeness (QED) is 0.498. The van der Waals surface area contributed by atoms with Gasteiger partial charge in [0.1, 0.15) is 12.1 Å². The first kappa shape index (κ1) is 11.0. The first-order chi connectivity index (χ1) is 6.14. The minimum atomic E-state index is -1.88. The highest BCUT2D eigenvalue weighted by atomic mass is 31.1. The molecule has 0 saturated heterocycles. The molecule has 2 atom stereocenters. The van der Waals surface area contributed by atoms with Gasteiger partial charge in [-0.05, 0) is 24.3 Å². The standard InChI is InChI=1S/C7H15NO4P/c1-3-12-13(10)8-7(4-5-7)6(9)11-2/h6,9H,3-5H2,1-2H3,(H,8,10)/q+1. The molecule has 6 heteroatoms. The normalized spacial score (nSPS) is 22.5. The Hall–Kier alpha value is -0.0600. The van der Waals surface area contributed by atoms with E-state index in [1.807, 2.05) is 0 Å². The van der Waals surface area contributed by atoms with E-state index in [0.717, 1.165) is 12.8 Å². The molecule has 1 aliphatic rings. The van der Waals surface area contributed by atoms with Gasteiger partial charge in [0.25, 0.3) is 0 Å². The van der Waals surface area contributed by atoms with Crippen LogP contribution in [0.4, 0.5) is 0 Å². The first-order valence-corrected chi connectivity index (χ1v) is 5.41. The van der Waals surface area contributed by atoms with Crippen LogP contribution in [0.3, 0.4) is 0 Å². The van der Waals surface area contributed by atoms with Crippen molar-refractivity contribution in [1.29, 1.82) is 0 Å². The van der Waals surface area contributed by atoms with Crippen molar-refractivity contribution in [2.24, 2.45) is 0 Å². The van der Waals surface area contributed by atoms with Crippen molar-refractivity contribution in [3.05, 3.63) is 0 Å². The number of aliphatic hydroxyl groups excluding tert-OH is 1. The predicted octanol–water partition coefficient (Wildman–Crippen LogP) is 0.767. The van der Waals surface area contributed by atoms with Crippen LogP contribution in [0.15, 0.2) is 0 Å². The highest BCUT2D eigenvalue weighted by Gasteiger charge is 2.55. The van der Waals surface area contributed by atoms with E-state index in [0.29, 0.717) is 6.61 Å². The van der Waals surface area contributed by atoms with E-state index < -0.39 is 20.0 Å². The van der Waals surface area contributed by atoms with E-state index in [9.17, 15) is 9.67 Å². The van der Waals surface area contributed by atoms with Crippen LogP contribution in [-0.2, 0) is 13.8 Å². The Morgan fingerprint density at radius 3 is 2.69 bits per heavy atom. The van der Waals surface area contributed by atoms with Gasteiger partial charge >= 0.3 is 8.18 Å². The third-order valence-corrected chi connectivity index (χ3v) is 3.17. The molecule has 0 aromatic carbocycles. The third kappa shape index (κ3) is 2.69. The lowest BCUT2D eigenvalue weighted by Crippen LogP contribution is -2.39. The van der Waals surface area contributed by atoms with Crippen LogP contribution in [0.2, 0.25) is 0 Å². The summed E-state index contributed by atoms with van der Waals surface area (Å²) in [6.07, 6.45) is 0.610. The molecule has 0 radical (unpaired) electrons. The van der Waals surface area contributed by atoms with E-state index in [2.05, 4.69) is 5.09 Å². The number of rotatable bonds is 6. The SMILES string of the molecule is CCO[P+](=O)NC1(C(O)OC)CC1. The molecular weight excluding hydrogens is 193 g/mol. The van der Waals surface area contributed by atoms with Gasteiger partial charge in [0, 0.05) is 7.11 Å². The van der Waals surface area contributed by atoms with E-state index >= 15 is 0 Å². The van der Waals surface area contributed by atoms with Crippen LogP contribution in [0.5, 0.6) is 0 Å². The lowest BCUT2D eigenvalue weighted by molar-refractivity contribution is -0.101. The maximum atomic E-state index is 11.2. The van der Waals surface area contributed by atoms with Gasteiger partial charge in [-0.2, -0.15) is 0 Å². The van der Waals surface area contributed by atoms with Crippen LogP contribution in [0.1, 0.15) is 19.8 Å². The van der Waals surface area contributed by atoms with Gasteiger partial charge in [-0.15, -0.1) is 4.52 Å². The van der Waals surface area contributed by atoms with Gasteiger partial charge in [-0.25, -0.2) is 0 Å². The van der Waals surface area contributed by atoms with Crippen molar-refractivity contribution in [3.8, 4) is 0 Å². The Balaban J connectivity index is 2.39. The molecule has 5 nitrogen and oxygen atoms in total. The highest BCUT2D eigenvalue weighted by Crippen LogP contribution is 2.43. The number of aliphatic hydroxyl groups is 1. The average Bonchev–Trinajstić information content (AvgIpc) is 2.85. The van der Waals surface area contributed by atoms with Gasteiger partial charge in [0.15, 0.2) is 6.29 Å². The van der Waals surface area contributed by atoms with Gasteiger partial charge in [-0.3, -0.25) is 0 Å². The second-order valence-corrected chi connectivity index (χ2v) is 4.03. The Kier molecular flexibility index (Phi) is 3.76. The Morgan fingerprint density at radius 1 is 1.69 bits per heavy atom. The number of hydrogen-bond acceptors (Lipinski definition) is 4. The average molecular weight is 208 g/mol.